The van der Waals surface area contributed by atoms with Gasteiger partial charge >= 0.3 is 0 Å². The minimum atomic E-state index is 0.818. The lowest BCUT2D eigenvalue weighted by Gasteiger charge is -2.01. The van der Waals surface area contributed by atoms with Gasteiger partial charge in [-0.05, 0) is 53.6 Å². The van der Waals surface area contributed by atoms with Crippen LogP contribution in [0.2, 0.25) is 0 Å². The summed E-state index contributed by atoms with van der Waals surface area (Å²) >= 11 is 3.46. The highest BCUT2D eigenvalue weighted by atomic mass is 79.9. The van der Waals surface area contributed by atoms with Gasteiger partial charge in [0.25, 0.3) is 0 Å². The van der Waals surface area contributed by atoms with Crippen LogP contribution in [-0.4, -0.2) is 18.7 Å². The summed E-state index contributed by atoms with van der Waals surface area (Å²) in [6.45, 7) is 0.975. The first-order valence-electron chi connectivity index (χ1n) is 4.48. The van der Waals surface area contributed by atoms with E-state index in [9.17, 15) is 0 Å². The topological polar surface area (TPSA) is 38.1 Å². The van der Waals surface area contributed by atoms with E-state index < -0.39 is 0 Å². The molecule has 0 saturated heterocycles. The highest BCUT2D eigenvalue weighted by molar-refractivity contribution is 9.10. The molecule has 0 aliphatic carbocycles. The molecule has 1 N–H and O–H groups in total. The summed E-state index contributed by atoms with van der Waals surface area (Å²) in [5.74, 6) is 0. The molecule has 0 spiro atoms. The molecular formula is C10H11BrN2O. The van der Waals surface area contributed by atoms with E-state index in [4.69, 9.17) is 4.52 Å². The Morgan fingerprint density at radius 1 is 1.50 bits per heavy atom. The van der Waals surface area contributed by atoms with Gasteiger partial charge in [-0.15, -0.1) is 0 Å². The number of aromatic nitrogens is 1. The molecule has 0 saturated carbocycles. The van der Waals surface area contributed by atoms with Crippen molar-refractivity contribution in [1.82, 2.24) is 10.5 Å². The van der Waals surface area contributed by atoms with Crippen LogP contribution >= 0.6 is 15.9 Å². The molecule has 0 aliphatic rings. The maximum atomic E-state index is 5.10. The van der Waals surface area contributed by atoms with E-state index >= 15 is 0 Å². The van der Waals surface area contributed by atoms with Gasteiger partial charge in [0.15, 0.2) is 5.58 Å². The zero-order valence-corrected chi connectivity index (χ0v) is 9.47. The fourth-order valence-corrected chi connectivity index (χ4v) is 2.01. The Morgan fingerprint density at radius 3 is 3.14 bits per heavy atom. The number of benzene rings is 1. The first-order chi connectivity index (χ1) is 6.81. The van der Waals surface area contributed by atoms with Gasteiger partial charge in [0, 0.05) is 5.39 Å². The van der Waals surface area contributed by atoms with Crippen LogP contribution in [0.15, 0.2) is 27.3 Å². The number of halogens is 1. The average Bonchev–Trinajstić information content (AvgIpc) is 2.63. The first-order valence-corrected chi connectivity index (χ1v) is 5.28. The average molecular weight is 255 g/mol. The summed E-state index contributed by atoms with van der Waals surface area (Å²) in [6, 6.07) is 4.18. The number of rotatable bonds is 3. The van der Waals surface area contributed by atoms with E-state index in [2.05, 4.69) is 38.5 Å². The lowest BCUT2D eigenvalue weighted by atomic mass is 10.1. The Labute approximate surface area is 90.6 Å². The Kier molecular flexibility index (Phi) is 2.84. The van der Waals surface area contributed by atoms with Gasteiger partial charge in [-0.2, -0.15) is 0 Å². The van der Waals surface area contributed by atoms with Gasteiger partial charge < -0.3 is 9.84 Å². The van der Waals surface area contributed by atoms with Crippen molar-refractivity contribution in [1.29, 1.82) is 0 Å². The number of hydrogen-bond donors (Lipinski definition) is 1. The minimum Gasteiger partial charge on any atom is -0.355 e. The lowest BCUT2D eigenvalue weighted by Crippen LogP contribution is -2.10. The van der Waals surface area contributed by atoms with Crippen molar-refractivity contribution in [3.63, 3.8) is 0 Å². The van der Waals surface area contributed by atoms with E-state index in [1.165, 1.54) is 5.56 Å². The van der Waals surface area contributed by atoms with Gasteiger partial charge in [-0.3, -0.25) is 0 Å². The Balaban J connectivity index is 2.38. The van der Waals surface area contributed by atoms with Gasteiger partial charge in [0.05, 0.1) is 10.7 Å². The molecular weight excluding hydrogens is 244 g/mol. The molecule has 3 nitrogen and oxygen atoms in total. The van der Waals surface area contributed by atoms with Gasteiger partial charge in [0.2, 0.25) is 0 Å². The monoisotopic (exact) mass is 254 g/mol. The smallest absolute Gasteiger partial charge is 0.180 e. The van der Waals surface area contributed by atoms with E-state index in [-0.39, 0.29) is 0 Å². The molecule has 2 aromatic rings. The van der Waals surface area contributed by atoms with Crippen LogP contribution in [-0.2, 0) is 6.42 Å². The number of nitrogens with zero attached hydrogens (tertiary/aromatic N) is 1. The molecule has 4 heteroatoms. The molecule has 1 heterocycles. The number of hydrogen-bond acceptors (Lipinski definition) is 3. The van der Waals surface area contributed by atoms with Crippen molar-refractivity contribution < 1.29 is 4.52 Å². The van der Waals surface area contributed by atoms with E-state index in [1.807, 2.05) is 7.05 Å². The van der Waals surface area contributed by atoms with Crippen LogP contribution in [0.5, 0.6) is 0 Å². The van der Waals surface area contributed by atoms with Gasteiger partial charge in [-0.1, -0.05) is 5.16 Å². The predicted molar refractivity (Wildman–Crippen MR) is 59.3 cm³/mol. The summed E-state index contributed by atoms with van der Waals surface area (Å²) in [5.41, 5.74) is 2.10. The number of fused-ring (bicyclic) bond motifs is 1. The maximum absolute atomic E-state index is 5.10. The van der Waals surface area contributed by atoms with E-state index in [1.54, 1.807) is 6.20 Å². The van der Waals surface area contributed by atoms with Crippen molar-refractivity contribution in [2.75, 3.05) is 13.6 Å². The molecule has 0 amide bonds. The molecule has 0 radical (unpaired) electrons. The molecule has 0 unspecified atom stereocenters. The standard InChI is InChI=1S/C10H11BrN2O/c1-12-3-2-7-4-8-6-13-14-10(8)9(11)5-7/h4-6,12H,2-3H2,1H3. The van der Waals surface area contributed by atoms with Crippen LogP contribution in [0.1, 0.15) is 5.56 Å². The second-order valence-electron chi connectivity index (χ2n) is 3.18. The summed E-state index contributed by atoms with van der Waals surface area (Å²) in [7, 11) is 1.95. The van der Waals surface area contributed by atoms with E-state index in [0.29, 0.717) is 0 Å². The largest absolute Gasteiger partial charge is 0.355 e. The lowest BCUT2D eigenvalue weighted by molar-refractivity contribution is 0.455. The summed E-state index contributed by atoms with van der Waals surface area (Å²) < 4.78 is 6.07. The number of likely N-dealkylation sites (N-methyl/N-ethyl adjacent to an activating group) is 1. The van der Waals surface area contributed by atoms with Crippen molar-refractivity contribution in [2.45, 2.75) is 6.42 Å². The molecule has 2 rings (SSSR count). The Morgan fingerprint density at radius 2 is 2.36 bits per heavy atom. The van der Waals surface area contributed by atoms with Crippen LogP contribution in [0, 0.1) is 0 Å². The zero-order chi connectivity index (χ0) is 9.97. The fourth-order valence-electron chi connectivity index (χ4n) is 1.41. The van der Waals surface area contributed by atoms with Crippen LogP contribution in [0.3, 0.4) is 0 Å². The molecule has 1 aromatic heterocycles. The third kappa shape index (κ3) is 1.81. The van der Waals surface area contributed by atoms with Crippen molar-refractivity contribution in [3.05, 3.63) is 28.4 Å². The molecule has 1 aromatic carbocycles. The number of nitrogens with one attached hydrogen (secondary N) is 1. The normalized spacial score (nSPS) is 11.0. The summed E-state index contributed by atoms with van der Waals surface area (Å²) in [5, 5.41) is 7.93. The van der Waals surface area contributed by atoms with Crippen molar-refractivity contribution in [2.24, 2.45) is 0 Å². The molecule has 0 aliphatic heterocycles. The summed E-state index contributed by atoms with van der Waals surface area (Å²) in [6.07, 6.45) is 2.75. The van der Waals surface area contributed by atoms with Gasteiger partial charge in [0.1, 0.15) is 0 Å². The van der Waals surface area contributed by atoms with Crippen LogP contribution in [0.4, 0.5) is 0 Å². The van der Waals surface area contributed by atoms with E-state index in [0.717, 1.165) is 28.4 Å². The first kappa shape index (κ1) is 9.68. The second-order valence-corrected chi connectivity index (χ2v) is 4.03. The molecule has 0 atom stereocenters. The Bertz CT molecular complexity index is 439. The van der Waals surface area contributed by atoms with Gasteiger partial charge in [-0.25, -0.2) is 0 Å². The predicted octanol–water partition coefficient (Wildman–Crippen LogP) is 2.35. The molecule has 14 heavy (non-hydrogen) atoms. The highest BCUT2D eigenvalue weighted by Gasteiger charge is 2.05. The molecule has 0 bridgehead atoms. The SMILES string of the molecule is CNCCc1cc(Br)c2oncc2c1. The van der Waals surface area contributed by atoms with Crippen LogP contribution in [0.25, 0.3) is 11.0 Å². The molecule has 0 fully saturated rings. The third-order valence-electron chi connectivity index (χ3n) is 2.13. The molecule has 74 valence electrons. The minimum absolute atomic E-state index is 0.818. The third-order valence-corrected chi connectivity index (χ3v) is 2.72. The second kappa shape index (κ2) is 4.11. The van der Waals surface area contributed by atoms with Crippen LogP contribution < -0.4 is 5.32 Å². The Hall–Kier alpha value is -0.870. The summed E-state index contributed by atoms with van der Waals surface area (Å²) in [4.78, 5) is 0. The maximum Gasteiger partial charge on any atom is 0.180 e. The van der Waals surface area contributed by atoms with Crippen molar-refractivity contribution >= 4 is 26.9 Å². The van der Waals surface area contributed by atoms with Crippen molar-refractivity contribution in [3.8, 4) is 0 Å². The fraction of sp³-hybridized carbons (Fsp3) is 0.300. The zero-order valence-electron chi connectivity index (χ0n) is 7.88. The quantitative estimate of drug-likeness (QED) is 0.914. The highest BCUT2D eigenvalue weighted by Crippen LogP contribution is 2.25.